The van der Waals surface area contributed by atoms with Crippen LogP contribution in [-0.4, -0.2) is 18.1 Å². The molecule has 0 aliphatic heterocycles. The van der Waals surface area contributed by atoms with Crippen molar-refractivity contribution in [3.63, 3.8) is 0 Å². The number of aromatic nitrogens is 1. The number of hydrogen-bond donors (Lipinski definition) is 1. The summed E-state index contributed by atoms with van der Waals surface area (Å²) in [7, 11) is 0. The second-order valence-electron chi connectivity index (χ2n) is 4.36. The van der Waals surface area contributed by atoms with Crippen LogP contribution in [0.4, 0.5) is 0 Å². The Kier molecular flexibility index (Phi) is 7.78. The molecule has 0 bridgehead atoms. The van der Waals surface area contributed by atoms with E-state index in [4.69, 9.17) is 16.3 Å². The summed E-state index contributed by atoms with van der Waals surface area (Å²) in [5.74, 6) is 0.548. The largest absolute Gasteiger partial charge is 0.477 e. The minimum absolute atomic E-state index is 0.548. The summed E-state index contributed by atoms with van der Waals surface area (Å²) in [6.07, 6.45) is 6.36. The molecule has 1 aromatic heterocycles. The lowest BCUT2D eigenvalue weighted by molar-refractivity contribution is 0.295. The molecule has 1 N–H and O–H groups in total. The molecule has 102 valence electrons. The van der Waals surface area contributed by atoms with Crippen molar-refractivity contribution in [3.8, 4) is 5.88 Å². The van der Waals surface area contributed by atoms with Crippen LogP contribution in [0.5, 0.6) is 5.88 Å². The normalized spacial score (nSPS) is 10.6. The molecule has 18 heavy (non-hydrogen) atoms. The summed E-state index contributed by atoms with van der Waals surface area (Å²) < 4.78 is 5.56. The molecule has 0 amide bonds. The molecule has 0 spiro atoms. The third kappa shape index (κ3) is 5.69. The van der Waals surface area contributed by atoms with Crippen molar-refractivity contribution < 1.29 is 4.74 Å². The zero-order chi connectivity index (χ0) is 13.2. The van der Waals surface area contributed by atoms with Gasteiger partial charge in [-0.25, -0.2) is 4.98 Å². The van der Waals surface area contributed by atoms with Crippen LogP contribution in [0, 0.1) is 0 Å². The fourth-order valence-electron chi connectivity index (χ4n) is 1.60. The lowest BCUT2D eigenvalue weighted by Gasteiger charge is -2.08. The van der Waals surface area contributed by atoms with Crippen LogP contribution in [0.25, 0.3) is 0 Å². The predicted octanol–water partition coefficient (Wildman–Crippen LogP) is 3.80. The monoisotopic (exact) mass is 270 g/mol. The van der Waals surface area contributed by atoms with E-state index >= 15 is 0 Å². The highest BCUT2D eigenvalue weighted by Crippen LogP contribution is 2.22. The SMILES string of the molecule is CCCCCOc1ncc(CNCCC)cc1Cl. The van der Waals surface area contributed by atoms with Crippen molar-refractivity contribution in [3.05, 3.63) is 22.8 Å². The number of rotatable bonds is 9. The summed E-state index contributed by atoms with van der Waals surface area (Å²) >= 11 is 6.14. The molecule has 0 aliphatic rings. The zero-order valence-corrected chi connectivity index (χ0v) is 12.1. The molecule has 1 rings (SSSR count). The van der Waals surface area contributed by atoms with Crippen molar-refractivity contribution in [2.24, 2.45) is 0 Å². The van der Waals surface area contributed by atoms with E-state index in [-0.39, 0.29) is 0 Å². The first-order valence-corrected chi connectivity index (χ1v) is 7.13. The van der Waals surface area contributed by atoms with Gasteiger partial charge in [0.05, 0.1) is 6.61 Å². The van der Waals surface area contributed by atoms with Gasteiger partial charge in [-0.2, -0.15) is 0 Å². The molecule has 3 nitrogen and oxygen atoms in total. The number of hydrogen-bond acceptors (Lipinski definition) is 3. The molecule has 0 atom stereocenters. The molecule has 1 heterocycles. The molecule has 1 aromatic rings. The Hall–Kier alpha value is -0.800. The third-order valence-corrected chi connectivity index (χ3v) is 2.88. The standard InChI is InChI=1S/C14H23ClN2O/c1-3-5-6-8-18-14-13(15)9-12(11-17-14)10-16-7-4-2/h9,11,16H,3-8,10H2,1-2H3. The van der Waals surface area contributed by atoms with Crippen molar-refractivity contribution in [2.75, 3.05) is 13.2 Å². The Morgan fingerprint density at radius 3 is 2.78 bits per heavy atom. The fourth-order valence-corrected chi connectivity index (χ4v) is 1.84. The van der Waals surface area contributed by atoms with E-state index < -0.39 is 0 Å². The highest BCUT2D eigenvalue weighted by atomic mass is 35.5. The van der Waals surface area contributed by atoms with E-state index in [2.05, 4.69) is 24.1 Å². The van der Waals surface area contributed by atoms with Crippen LogP contribution in [-0.2, 0) is 6.54 Å². The molecular formula is C14H23ClN2O. The average molecular weight is 271 g/mol. The summed E-state index contributed by atoms with van der Waals surface area (Å²) in [6.45, 7) is 6.81. The Bertz CT molecular complexity index is 345. The van der Waals surface area contributed by atoms with E-state index in [1.807, 2.05) is 12.3 Å². The van der Waals surface area contributed by atoms with Gasteiger partial charge in [-0.3, -0.25) is 0 Å². The Labute approximate surface area is 115 Å². The van der Waals surface area contributed by atoms with Crippen LogP contribution < -0.4 is 10.1 Å². The molecule has 4 heteroatoms. The molecule has 0 unspecified atom stereocenters. The van der Waals surface area contributed by atoms with E-state index in [1.54, 1.807) is 0 Å². The van der Waals surface area contributed by atoms with E-state index in [9.17, 15) is 0 Å². The van der Waals surface area contributed by atoms with Crippen LogP contribution in [0.2, 0.25) is 5.02 Å². The molecule has 0 saturated carbocycles. The number of ether oxygens (including phenoxy) is 1. The molecule has 0 aromatic carbocycles. The minimum Gasteiger partial charge on any atom is -0.477 e. The fraction of sp³-hybridized carbons (Fsp3) is 0.643. The van der Waals surface area contributed by atoms with Gasteiger partial charge in [-0.15, -0.1) is 0 Å². The molecule has 0 saturated heterocycles. The van der Waals surface area contributed by atoms with Gasteiger partial charge in [0.15, 0.2) is 0 Å². The summed E-state index contributed by atoms with van der Waals surface area (Å²) in [5.41, 5.74) is 1.09. The van der Waals surface area contributed by atoms with E-state index in [1.165, 1.54) is 12.8 Å². The Morgan fingerprint density at radius 1 is 1.28 bits per heavy atom. The quantitative estimate of drug-likeness (QED) is 0.693. The second kappa shape index (κ2) is 9.17. The first kappa shape index (κ1) is 15.3. The lowest BCUT2D eigenvalue weighted by atomic mass is 10.2. The smallest absolute Gasteiger partial charge is 0.232 e. The van der Waals surface area contributed by atoms with Crippen molar-refractivity contribution in [2.45, 2.75) is 46.1 Å². The van der Waals surface area contributed by atoms with Gasteiger partial charge in [-0.05, 0) is 31.0 Å². The summed E-state index contributed by atoms with van der Waals surface area (Å²) in [6, 6.07) is 1.92. The Morgan fingerprint density at radius 2 is 2.11 bits per heavy atom. The summed E-state index contributed by atoms with van der Waals surface area (Å²) in [4.78, 5) is 4.26. The highest BCUT2D eigenvalue weighted by molar-refractivity contribution is 6.31. The summed E-state index contributed by atoms with van der Waals surface area (Å²) in [5, 5.41) is 3.92. The maximum Gasteiger partial charge on any atom is 0.232 e. The topological polar surface area (TPSA) is 34.1 Å². The molecule has 0 aliphatic carbocycles. The lowest BCUT2D eigenvalue weighted by Crippen LogP contribution is -2.14. The van der Waals surface area contributed by atoms with Crippen LogP contribution in [0.3, 0.4) is 0 Å². The van der Waals surface area contributed by atoms with Crippen molar-refractivity contribution >= 4 is 11.6 Å². The highest BCUT2D eigenvalue weighted by Gasteiger charge is 2.04. The zero-order valence-electron chi connectivity index (χ0n) is 11.3. The van der Waals surface area contributed by atoms with Gasteiger partial charge in [0.2, 0.25) is 5.88 Å². The van der Waals surface area contributed by atoms with Gasteiger partial charge >= 0.3 is 0 Å². The average Bonchev–Trinajstić information content (AvgIpc) is 2.37. The van der Waals surface area contributed by atoms with E-state index in [0.29, 0.717) is 17.5 Å². The number of nitrogens with zero attached hydrogens (tertiary/aromatic N) is 1. The maximum atomic E-state index is 6.14. The predicted molar refractivity (Wildman–Crippen MR) is 76.3 cm³/mol. The number of pyridine rings is 1. The van der Waals surface area contributed by atoms with Gasteiger partial charge in [0, 0.05) is 12.7 Å². The third-order valence-electron chi connectivity index (χ3n) is 2.61. The maximum absolute atomic E-state index is 6.14. The number of nitrogens with one attached hydrogen (secondary N) is 1. The van der Waals surface area contributed by atoms with Crippen LogP contribution in [0.1, 0.15) is 45.1 Å². The van der Waals surface area contributed by atoms with Crippen molar-refractivity contribution in [1.29, 1.82) is 0 Å². The number of halogens is 1. The first-order chi connectivity index (χ1) is 8.77. The van der Waals surface area contributed by atoms with Crippen LogP contribution >= 0.6 is 11.6 Å². The van der Waals surface area contributed by atoms with Gasteiger partial charge in [0.25, 0.3) is 0 Å². The van der Waals surface area contributed by atoms with Gasteiger partial charge in [-0.1, -0.05) is 38.3 Å². The van der Waals surface area contributed by atoms with Crippen LogP contribution in [0.15, 0.2) is 12.3 Å². The van der Waals surface area contributed by atoms with Gasteiger partial charge in [0.1, 0.15) is 5.02 Å². The molecule has 0 fully saturated rings. The van der Waals surface area contributed by atoms with Crippen molar-refractivity contribution in [1.82, 2.24) is 10.3 Å². The number of unbranched alkanes of at least 4 members (excludes halogenated alkanes) is 2. The van der Waals surface area contributed by atoms with Gasteiger partial charge < -0.3 is 10.1 Å². The van der Waals surface area contributed by atoms with E-state index in [0.717, 1.165) is 31.5 Å². The first-order valence-electron chi connectivity index (χ1n) is 6.75. The Balaban J connectivity index is 2.41. The minimum atomic E-state index is 0.548. The molecule has 0 radical (unpaired) electrons. The molecular weight excluding hydrogens is 248 g/mol. The second-order valence-corrected chi connectivity index (χ2v) is 4.77.